The van der Waals surface area contributed by atoms with Crippen molar-refractivity contribution in [2.45, 2.75) is 12.5 Å². The fraction of sp³-hybridized carbons (Fsp3) is 0.273. The van der Waals surface area contributed by atoms with Crippen LogP contribution >= 0.6 is 31.9 Å². The van der Waals surface area contributed by atoms with Gasteiger partial charge in [-0.05, 0) is 50.9 Å². The number of nitrogens with one attached hydrogen (secondary N) is 2. The Labute approximate surface area is 126 Å². The normalized spacial score (nSPS) is 13.5. The quantitative estimate of drug-likeness (QED) is 0.627. The first kappa shape index (κ1) is 15.9. The predicted molar refractivity (Wildman–Crippen MR) is 77.1 cm³/mol. The summed E-state index contributed by atoms with van der Waals surface area (Å²) < 4.78 is 1.34. The average Bonchev–Trinajstić information content (AvgIpc) is 2.31. The van der Waals surface area contributed by atoms with Gasteiger partial charge in [-0.2, -0.15) is 0 Å². The minimum atomic E-state index is -2.01. The van der Waals surface area contributed by atoms with Crippen LogP contribution in [0, 0.1) is 0 Å². The Kier molecular flexibility index (Phi) is 5.33. The summed E-state index contributed by atoms with van der Waals surface area (Å²) in [5, 5.41) is 23.0. The van der Waals surface area contributed by atoms with Crippen LogP contribution in [-0.2, 0) is 4.79 Å². The molecule has 104 valence electrons. The predicted octanol–water partition coefficient (Wildman–Crippen LogP) is 2.17. The zero-order chi connectivity index (χ0) is 14.6. The van der Waals surface area contributed by atoms with Crippen molar-refractivity contribution in [3.05, 3.63) is 27.1 Å². The molecule has 19 heavy (non-hydrogen) atoms. The first-order valence-corrected chi connectivity index (χ1v) is 6.77. The van der Waals surface area contributed by atoms with Gasteiger partial charge in [-0.3, -0.25) is 0 Å². The largest absolute Gasteiger partial charge is 0.479 e. The van der Waals surface area contributed by atoms with Gasteiger partial charge in [-0.25, -0.2) is 9.59 Å². The van der Waals surface area contributed by atoms with E-state index in [1.54, 1.807) is 18.2 Å². The summed E-state index contributed by atoms with van der Waals surface area (Å²) in [5.41, 5.74) is -1.50. The van der Waals surface area contributed by atoms with Crippen molar-refractivity contribution in [1.29, 1.82) is 0 Å². The fourth-order valence-corrected chi connectivity index (χ4v) is 2.30. The highest BCUT2D eigenvalue weighted by Crippen LogP contribution is 2.30. The van der Waals surface area contributed by atoms with Gasteiger partial charge in [0.2, 0.25) is 0 Å². The van der Waals surface area contributed by atoms with Crippen molar-refractivity contribution in [3.63, 3.8) is 0 Å². The van der Waals surface area contributed by atoms with Gasteiger partial charge in [0.15, 0.2) is 5.60 Å². The van der Waals surface area contributed by atoms with E-state index >= 15 is 0 Å². The second kappa shape index (κ2) is 6.36. The molecular formula is C11H12Br2N2O4. The number of amides is 2. The number of aliphatic hydroxyl groups is 1. The smallest absolute Gasteiger partial charge is 0.337 e. The number of anilines is 1. The zero-order valence-electron chi connectivity index (χ0n) is 9.91. The molecule has 0 radical (unpaired) electrons. The van der Waals surface area contributed by atoms with E-state index in [1.807, 2.05) is 0 Å². The minimum Gasteiger partial charge on any atom is -0.479 e. The third-order valence-electron chi connectivity index (χ3n) is 2.26. The molecule has 1 unspecified atom stereocenters. The number of rotatable bonds is 4. The Morgan fingerprint density at radius 1 is 1.32 bits per heavy atom. The second-order valence-corrected chi connectivity index (χ2v) is 5.69. The molecule has 0 saturated carbocycles. The molecule has 1 aromatic carbocycles. The molecule has 0 spiro atoms. The van der Waals surface area contributed by atoms with Gasteiger partial charge in [-0.1, -0.05) is 6.07 Å². The van der Waals surface area contributed by atoms with Crippen molar-refractivity contribution >= 4 is 49.5 Å². The molecule has 8 heteroatoms. The zero-order valence-corrected chi connectivity index (χ0v) is 13.1. The van der Waals surface area contributed by atoms with E-state index in [9.17, 15) is 14.7 Å². The Morgan fingerprint density at radius 3 is 2.32 bits per heavy atom. The SMILES string of the molecule is CC(O)(CNC(=O)Nc1c(Br)cccc1Br)C(=O)O. The number of benzene rings is 1. The van der Waals surface area contributed by atoms with Crippen LogP contribution in [0.2, 0.25) is 0 Å². The first-order valence-electron chi connectivity index (χ1n) is 5.18. The highest BCUT2D eigenvalue weighted by atomic mass is 79.9. The number of para-hydroxylation sites is 1. The molecule has 0 aromatic heterocycles. The number of carbonyl (C=O) groups is 2. The highest BCUT2D eigenvalue weighted by Gasteiger charge is 2.30. The lowest BCUT2D eigenvalue weighted by Crippen LogP contribution is -2.47. The molecule has 0 bridgehead atoms. The lowest BCUT2D eigenvalue weighted by molar-refractivity contribution is -0.155. The molecule has 0 fully saturated rings. The second-order valence-electron chi connectivity index (χ2n) is 3.98. The molecule has 1 rings (SSSR count). The molecule has 0 heterocycles. The average molecular weight is 396 g/mol. The maximum Gasteiger partial charge on any atom is 0.337 e. The van der Waals surface area contributed by atoms with Crippen molar-refractivity contribution in [2.75, 3.05) is 11.9 Å². The van der Waals surface area contributed by atoms with E-state index in [4.69, 9.17) is 5.11 Å². The Morgan fingerprint density at radius 2 is 1.84 bits per heavy atom. The fourth-order valence-electron chi connectivity index (χ4n) is 1.10. The number of carbonyl (C=O) groups excluding carboxylic acids is 1. The molecule has 0 saturated heterocycles. The Hall–Kier alpha value is -1.12. The van der Waals surface area contributed by atoms with Crippen molar-refractivity contribution in [3.8, 4) is 0 Å². The van der Waals surface area contributed by atoms with Gasteiger partial charge in [0.05, 0.1) is 12.2 Å². The van der Waals surface area contributed by atoms with Crippen LogP contribution in [0.1, 0.15) is 6.92 Å². The van der Waals surface area contributed by atoms with E-state index in [0.717, 1.165) is 6.92 Å². The minimum absolute atomic E-state index is 0.407. The summed E-state index contributed by atoms with van der Waals surface area (Å²) in [5.74, 6) is -1.41. The van der Waals surface area contributed by atoms with Gasteiger partial charge in [-0.15, -0.1) is 0 Å². The van der Waals surface area contributed by atoms with Crippen molar-refractivity contribution in [1.82, 2.24) is 5.32 Å². The summed E-state index contributed by atoms with van der Waals surface area (Å²) >= 11 is 6.55. The number of carboxylic acid groups (broad SMARTS) is 1. The van der Waals surface area contributed by atoms with Gasteiger partial charge in [0, 0.05) is 8.95 Å². The van der Waals surface area contributed by atoms with Crippen LogP contribution in [-0.4, -0.2) is 34.4 Å². The molecule has 4 N–H and O–H groups in total. The molecule has 0 aliphatic carbocycles. The summed E-state index contributed by atoms with van der Waals surface area (Å²) in [4.78, 5) is 22.3. The number of hydrogen-bond donors (Lipinski definition) is 4. The number of hydrogen-bond acceptors (Lipinski definition) is 3. The van der Waals surface area contributed by atoms with E-state index in [2.05, 4.69) is 42.5 Å². The summed E-state index contributed by atoms with van der Waals surface area (Å²) in [7, 11) is 0. The molecule has 0 aliphatic heterocycles. The van der Waals surface area contributed by atoms with Crippen LogP contribution in [0.5, 0.6) is 0 Å². The van der Waals surface area contributed by atoms with Gasteiger partial charge < -0.3 is 20.8 Å². The summed E-state index contributed by atoms with van der Waals surface area (Å²) in [6.45, 7) is 0.695. The highest BCUT2D eigenvalue weighted by molar-refractivity contribution is 9.11. The molecule has 0 aliphatic rings. The number of halogens is 2. The monoisotopic (exact) mass is 394 g/mol. The molecular weight excluding hydrogens is 384 g/mol. The Balaban J connectivity index is 2.64. The third-order valence-corrected chi connectivity index (χ3v) is 3.58. The van der Waals surface area contributed by atoms with Gasteiger partial charge in [0.1, 0.15) is 0 Å². The van der Waals surface area contributed by atoms with E-state index < -0.39 is 24.1 Å². The lowest BCUT2D eigenvalue weighted by atomic mass is 10.1. The molecule has 1 atom stereocenters. The van der Waals surface area contributed by atoms with Crippen molar-refractivity contribution < 1.29 is 19.8 Å². The third kappa shape index (κ3) is 4.48. The number of aliphatic carboxylic acids is 1. The lowest BCUT2D eigenvalue weighted by Gasteiger charge is -2.18. The van der Waals surface area contributed by atoms with E-state index in [0.29, 0.717) is 14.6 Å². The van der Waals surface area contributed by atoms with Gasteiger partial charge >= 0.3 is 12.0 Å². The molecule has 2 amide bonds. The van der Waals surface area contributed by atoms with E-state index in [1.165, 1.54) is 0 Å². The summed E-state index contributed by atoms with van der Waals surface area (Å²) in [6.07, 6.45) is 0. The Bertz CT molecular complexity index is 485. The van der Waals surface area contributed by atoms with Crippen LogP contribution in [0.15, 0.2) is 27.1 Å². The number of carboxylic acids is 1. The van der Waals surface area contributed by atoms with Crippen LogP contribution < -0.4 is 10.6 Å². The van der Waals surface area contributed by atoms with Crippen LogP contribution in [0.25, 0.3) is 0 Å². The topological polar surface area (TPSA) is 98.7 Å². The molecule has 6 nitrogen and oxygen atoms in total. The maximum atomic E-state index is 11.6. The first-order chi connectivity index (χ1) is 8.74. The van der Waals surface area contributed by atoms with Crippen LogP contribution in [0.3, 0.4) is 0 Å². The van der Waals surface area contributed by atoms with Crippen molar-refractivity contribution in [2.24, 2.45) is 0 Å². The standard InChI is InChI=1S/C11H12Br2N2O4/c1-11(19,9(16)17)5-14-10(18)15-8-6(12)3-2-4-7(8)13/h2-4,19H,5H2,1H3,(H,16,17)(H2,14,15,18). The van der Waals surface area contributed by atoms with Crippen LogP contribution in [0.4, 0.5) is 10.5 Å². The number of urea groups is 1. The molecule has 1 aromatic rings. The van der Waals surface area contributed by atoms with Gasteiger partial charge in [0.25, 0.3) is 0 Å². The summed E-state index contributed by atoms with van der Waals surface area (Å²) in [6, 6.07) is 4.66. The maximum absolute atomic E-state index is 11.6. The van der Waals surface area contributed by atoms with E-state index in [-0.39, 0.29) is 0 Å².